The summed E-state index contributed by atoms with van der Waals surface area (Å²) < 4.78 is 43.9. The Hall–Kier alpha value is -2.24. The summed E-state index contributed by atoms with van der Waals surface area (Å²) in [5.74, 6) is -2.07. The minimum Gasteiger partial charge on any atom is -0.475 e. The summed E-state index contributed by atoms with van der Waals surface area (Å²) in [5, 5.41) is 7.12. The molecule has 2 aromatic rings. The minimum absolute atomic E-state index is 0.0975. The van der Waals surface area contributed by atoms with Crippen molar-refractivity contribution in [2.75, 3.05) is 13.2 Å². The topological polar surface area (TPSA) is 84.8 Å². The number of carboxylic acids is 1. The molecule has 7 nitrogen and oxygen atoms in total. The van der Waals surface area contributed by atoms with Gasteiger partial charge in [0.05, 0.1) is 17.8 Å². The highest BCUT2D eigenvalue weighted by atomic mass is 32.1. The molecule has 2 fully saturated rings. The van der Waals surface area contributed by atoms with Crippen LogP contribution in [0.3, 0.4) is 0 Å². The first-order valence-corrected chi connectivity index (χ1v) is 10.3. The molecule has 0 amide bonds. The Balaban J connectivity index is 0.000000318. The second kappa shape index (κ2) is 9.71. The first kappa shape index (κ1) is 22.4. The molecule has 4 rings (SSSR count). The molecule has 0 aromatic carbocycles. The number of pyridine rings is 1. The van der Waals surface area contributed by atoms with Gasteiger partial charge in [-0.25, -0.2) is 14.8 Å². The molecule has 3 atom stereocenters. The van der Waals surface area contributed by atoms with E-state index in [4.69, 9.17) is 19.4 Å². The van der Waals surface area contributed by atoms with E-state index in [1.165, 1.54) is 4.88 Å². The Morgan fingerprint density at radius 3 is 2.73 bits per heavy atom. The fourth-order valence-corrected chi connectivity index (χ4v) is 4.35. The van der Waals surface area contributed by atoms with Gasteiger partial charge in [-0.3, -0.25) is 4.90 Å². The maximum absolute atomic E-state index is 10.6. The van der Waals surface area contributed by atoms with Crippen LogP contribution in [0.2, 0.25) is 0 Å². The SMILES string of the molecule is Cc1ncsc1CN1CCO[C@H]2[C@H](Oc3ccccn3)CC[C@@H]21.O=C(O)C(F)(F)F. The zero-order chi connectivity index (χ0) is 21.7. The number of aromatic nitrogens is 2. The van der Waals surface area contributed by atoms with Gasteiger partial charge in [0.1, 0.15) is 12.2 Å². The van der Waals surface area contributed by atoms with Crippen molar-refractivity contribution in [2.24, 2.45) is 0 Å². The fourth-order valence-electron chi connectivity index (χ4n) is 3.55. The number of carbonyl (C=O) groups is 1. The number of aliphatic carboxylic acids is 1. The highest BCUT2D eigenvalue weighted by Gasteiger charge is 2.44. The summed E-state index contributed by atoms with van der Waals surface area (Å²) in [6.45, 7) is 4.80. The van der Waals surface area contributed by atoms with Crippen molar-refractivity contribution in [1.82, 2.24) is 14.9 Å². The third-order valence-corrected chi connectivity index (χ3v) is 5.91. The number of nitrogens with zero attached hydrogens (tertiary/aromatic N) is 3. The number of halogens is 3. The first-order valence-electron chi connectivity index (χ1n) is 9.38. The second-order valence-electron chi connectivity index (χ2n) is 6.94. The maximum atomic E-state index is 10.6. The van der Waals surface area contributed by atoms with Crippen molar-refractivity contribution in [3.05, 3.63) is 40.5 Å². The van der Waals surface area contributed by atoms with Gasteiger partial charge in [-0.15, -0.1) is 11.3 Å². The van der Waals surface area contributed by atoms with E-state index in [1.807, 2.05) is 23.7 Å². The molecule has 164 valence electrons. The Morgan fingerprint density at radius 2 is 2.13 bits per heavy atom. The largest absolute Gasteiger partial charge is 0.490 e. The number of thiazole rings is 1. The first-order chi connectivity index (χ1) is 14.3. The molecular weight excluding hydrogens is 423 g/mol. The highest BCUT2D eigenvalue weighted by molar-refractivity contribution is 7.09. The summed E-state index contributed by atoms with van der Waals surface area (Å²) in [5.41, 5.74) is 3.09. The number of hydrogen-bond donors (Lipinski definition) is 1. The average molecular weight is 445 g/mol. The molecule has 11 heteroatoms. The van der Waals surface area contributed by atoms with E-state index >= 15 is 0 Å². The van der Waals surface area contributed by atoms with Crippen LogP contribution in [-0.4, -0.2) is 63.5 Å². The Bertz CT molecular complexity index is 834. The summed E-state index contributed by atoms with van der Waals surface area (Å²) in [4.78, 5) is 21.4. The molecule has 3 heterocycles. The maximum Gasteiger partial charge on any atom is 0.490 e. The molecule has 0 unspecified atom stereocenters. The Labute approximate surface area is 175 Å². The molecule has 30 heavy (non-hydrogen) atoms. The normalized spacial score (nSPS) is 23.9. The van der Waals surface area contributed by atoms with E-state index in [-0.39, 0.29) is 12.2 Å². The third kappa shape index (κ3) is 5.67. The lowest BCUT2D eigenvalue weighted by Crippen LogP contribution is -2.51. The van der Waals surface area contributed by atoms with E-state index in [9.17, 15) is 13.2 Å². The number of carboxylic acid groups (broad SMARTS) is 1. The number of rotatable bonds is 4. The van der Waals surface area contributed by atoms with Gasteiger partial charge >= 0.3 is 12.1 Å². The number of morpholine rings is 1. The van der Waals surface area contributed by atoms with E-state index in [2.05, 4.69) is 21.8 Å². The zero-order valence-corrected chi connectivity index (χ0v) is 17.0. The number of ether oxygens (including phenoxy) is 2. The summed E-state index contributed by atoms with van der Waals surface area (Å²) in [7, 11) is 0. The van der Waals surface area contributed by atoms with Crippen molar-refractivity contribution >= 4 is 17.3 Å². The highest BCUT2D eigenvalue weighted by Crippen LogP contribution is 2.34. The number of fused-ring (bicyclic) bond motifs is 1. The van der Waals surface area contributed by atoms with Crippen LogP contribution in [0.1, 0.15) is 23.4 Å². The summed E-state index contributed by atoms with van der Waals surface area (Å²) in [6.07, 6.45) is -0.953. The molecule has 1 N–H and O–H groups in total. The van der Waals surface area contributed by atoms with Gasteiger partial charge in [0.25, 0.3) is 0 Å². The summed E-state index contributed by atoms with van der Waals surface area (Å²) >= 11 is 1.75. The molecule has 1 saturated heterocycles. The van der Waals surface area contributed by atoms with Crippen LogP contribution in [-0.2, 0) is 16.1 Å². The molecule has 1 saturated carbocycles. The standard InChI is InChI=1S/C17H21N3O2S.C2HF3O2/c1-12-15(23-11-19-12)10-20-8-9-21-17-13(20)5-6-14(17)22-16-4-2-3-7-18-16;3-2(4,5)1(6)7/h2-4,7,11,13-14,17H,5-6,8-10H2,1H3;(H,6,7)/t13-,14+,17+;/m0./s1. The van der Waals surface area contributed by atoms with E-state index in [0.717, 1.165) is 38.2 Å². The third-order valence-electron chi connectivity index (χ3n) is 4.99. The molecule has 2 aromatic heterocycles. The predicted octanol–water partition coefficient (Wildman–Crippen LogP) is 3.29. The number of aryl methyl sites for hydroxylation is 1. The van der Waals surface area contributed by atoms with E-state index in [1.54, 1.807) is 17.5 Å². The molecule has 0 bridgehead atoms. The number of hydrogen-bond acceptors (Lipinski definition) is 7. The molecule has 0 spiro atoms. The van der Waals surface area contributed by atoms with Gasteiger partial charge in [0.15, 0.2) is 0 Å². The van der Waals surface area contributed by atoms with Crippen LogP contribution in [0.4, 0.5) is 13.2 Å². The zero-order valence-electron chi connectivity index (χ0n) is 16.2. The monoisotopic (exact) mass is 445 g/mol. The van der Waals surface area contributed by atoms with Crippen LogP contribution in [0.15, 0.2) is 29.9 Å². The van der Waals surface area contributed by atoms with Crippen LogP contribution >= 0.6 is 11.3 Å². The van der Waals surface area contributed by atoms with Crippen molar-refractivity contribution in [3.8, 4) is 5.88 Å². The lowest BCUT2D eigenvalue weighted by molar-refractivity contribution is -0.192. The number of alkyl halides is 3. The smallest absolute Gasteiger partial charge is 0.475 e. The van der Waals surface area contributed by atoms with Crippen molar-refractivity contribution in [3.63, 3.8) is 0 Å². The minimum atomic E-state index is -5.08. The van der Waals surface area contributed by atoms with Gasteiger partial charge < -0.3 is 14.6 Å². The van der Waals surface area contributed by atoms with Crippen LogP contribution in [0.25, 0.3) is 0 Å². The van der Waals surface area contributed by atoms with E-state index in [0.29, 0.717) is 11.9 Å². The molecular formula is C19H22F3N3O4S. The average Bonchev–Trinajstić information content (AvgIpc) is 3.30. The van der Waals surface area contributed by atoms with Crippen molar-refractivity contribution in [2.45, 2.75) is 50.7 Å². The molecule has 2 aliphatic rings. The second-order valence-corrected chi connectivity index (χ2v) is 7.88. The molecule has 1 aliphatic heterocycles. The fraction of sp³-hybridized carbons (Fsp3) is 0.526. The van der Waals surface area contributed by atoms with Crippen LogP contribution < -0.4 is 4.74 Å². The quantitative estimate of drug-likeness (QED) is 0.773. The molecule has 1 aliphatic carbocycles. The lowest BCUT2D eigenvalue weighted by Gasteiger charge is -2.38. The molecule has 0 radical (unpaired) electrons. The van der Waals surface area contributed by atoms with Gasteiger partial charge in [-0.05, 0) is 25.8 Å². The summed E-state index contributed by atoms with van der Waals surface area (Å²) in [6, 6.07) is 6.20. The van der Waals surface area contributed by atoms with Crippen LogP contribution in [0, 0.1) is 6.92 Å². The van der Waals surface area contributed by atoms with Gasteiger partial charge in [0, 0.05) is 36.3 Å². The Kier molecular flexibility index (Phi) is 7.27. The lowest BCUT2D eigenvalue weighted by atomic mass is 10.1. The van der Waals surface area contributed by atoms with Crippen molar-refractivity contribution < 1.29 is 32.5 Å². The van der Waals surface area contributed by atoms with E-state index < -0.39 is 12.1 Å². The van der Waals surface area contributed by atoms with Gasteiger partial charge in [-0.1, -0.05) is 6.07 Å². The van der Waals surface area contributed by atoms with Gasteiger partial charge in [0.2, 0.25) is 5.88 Å². The van der Waals surface area contributed by atoms with Crippen LogP contribution in [0.5, 0.6) is 5.88 Å². The Morgan fingerprint density at radius 1 is 1.37 bits per heavy atom. The predicted molar refractivity (Wildman–Crippen MR) is 102 cm³/mol. The van der Waals surface area contributed by atoms with Gasteiger partial charge in [-0.2, -0.15) is 13.2 Å². The van der Waals surface area contributed by atoms with Crippen molar-refractivity contribution in [1.29, 1.82) is 0 Å².